The van der Waals surface area contributed by atoms with Gasteiger partial charge >= 0.3 is 0 Å². The van der Waals surface area contributed by atoms with Crippen LogP contribution in [0.2, 0.25) is 0 Å². The summed E-state index contributed by atoms with van der Waals surface area (Å²) in [4.78, 5) is 0. The third-order valence-electron chi connectivity index (χ3n) is 3.91. The standard InChI is InChI=1S/C16H25NO2/c1-19-16-8-6-13-5-7-15(11-14(13)12-16)17-9-3-2-4-10-18/h6,8,12,15,17-18H,2-5,7,9-11H2,1H3. The number of aliphatic hydroxyl groups excluding tert-OH is 1. The third kappa shape index (κ3) is 4.22. The SMILES string of the molecule is COc1ccc2c(c1)CC(NCCCCCO)CC2. The molecule has 0 saturated carbocycles. The number of methoxy groups -OCH3 is 1. The van der Waals surface area contributed by atoms with E-state index in [9.17, 15) is 0 Å². The van der Waals surface area contributed by atoms with E-state index in [1.165, 1.54) is 17.5 Å². The van der Waals surface area contributed by atoms with Gasteiger partial charge in [0, 0.05) is 12.6 Å². The van der Waals surface area contributed by atoms with Gasteiger partial charge in [0.2, 0.25) is 0 Å². The monoisotopic (exact) mass is 263 g/mol. The van der Waals surface area contributed by atoms with Crippen LogP contribution in [0, 0.1) is 0 Å². The molecule has 1 aromatic carbocycles. The molecule has 0 fully saturated rings. The maximum Gasteiger partial charge on any atom is 0.119 e. The molecule has 0 aliphatic heterocycles. The molecule has 1 aliphatic carbocycles. The average molecular weight is 263 g/mol. The Balaban J connectivity index is 1.80. The van der Waals surface area contributed by atoms with Crippen molar-refractivity contribution in [3.05, 3.63) is 29.3 Å². The van der Waals surface area contributed by atoms with Crippen LogP contribution in [0.1, 0.15) is 36.8 Å². The molecule has 0 spiro atoms. The second kappa shape index (κ2) is 7.51. The lowest BCUT2D eigenvalue weighted by molar-refractivity contribution is 0.282. The predicted molar refractivity (Wildman–Crippen MR) is 77.7 cm³/mol. The Morgan fingerprint density at radius 2 is 2.16 bits per heavy atom. The van der Waals surface area contributed by atoms with E-state index in [0.717, 1.165) is 44.4 Å². The van der Waals surface area contributed by atoms with Crippen molar-refractivity contribution in [1.82, 2.24) is 5.32 Å². The van der Waals surface area contributed by atoms with Gasteiger partial charge in [0.15, 0.2) is 0 Å². The molecule has 1 aliphatic rings. The molecule has 0 saturated heterocycles. The van der Waals surface area contributed by atoms with Crippen LogP contribution < -0.4 is 10.1 Å². The van der Waals surface area contributed by atoms with Gasteiger partial charge in [-0.2, -0.15) is 0 Å². The molecular formula is C16H25NO2. The van der Waals surface area contributed by atoms with Crippen LogP contribution in [0.25, 0.3) is 0 Å². The van der Waals surface area contributed by atoms with Gasteiger partial charge in [-0.05, 0) is 68.3 Å². The number of aryl methyl sites for hydroxylation is 1. The molecule has 3 nitrogen and oxygen atoms in total. The highest BCUT2D eigenvalue weighted by Crippen LogP contribution is 2.25. The molecule has 0 bridgehead atoms. The molecule has 19 heavy (non-hydrogen) atoms. The summed E-state index contributed by atoms with van der Waals surface area (Å²) in [5.74, 6) is 0.961. The summed E-state index contributed by atoms with van der Waals surface area (Å²) >= 11 is 0. The number of hydrogen-bond acceptors (Lipinski definition) is 3. The minimum atomic E-state index is 0.316. The largest absolute Gasteiger partial charge is 0.497 e. The number of nitrogens with one attached hydrogen (secondary N) is 1. The lowest BCUT2D eigenvalue weighted by Gasteiger charge is -2.26. The smallest absolute Gasteiger partial charge is 0.119 e. The summed E-state index contributed by atoms with van der Waals surface area (Å²) in [6, 6.07) is 7.02. The second-order valence-electron chi connectivity index (χ2n) is 5.31. The zero-order chi connectivity index (χ0) is 13.5. The van der Waals surface area contributed by atoms with E-state index in [1.807, 2.05) is 0 Å². The molecule has 106 valence electrons. The third-order valence-corrected chi connectivity index (χ3v) is 3.91. The van der Waals surface area contributed by atoms with Gasteiger partial charge in [-0.25, -0.2) is 0 Å². The maximum atomic E-state index is 8.74. The molecule has 3 heteroatoms. The van der Waals surface area contributed by atoms with Crippen LogP contribution in [0.4, 0.5) is 0 Å². The van der Waals surface area contributed by atoms with Gasteiger partial charge in [-0.3, -0.25) is 0 Å². The van der Waals surface area contributed by atoms with Gasteiger partial charge in [0.1, 0.15) is 5.75 Å². The van der Waals surface area contributed by atoms with Gasteiger partial charge in [0.25, 0.3) is 0 Å². The normalized spacial score (nSPS) is 18.1. The first kappa shape index (κ1) is 14.4. The van der Waals surface area contributed by atoms with Crippen LogP contribution >= 0.6 is 0 Å². The van der Waals surface area contributed by atoms with Crippen molar-refractivity contribution in [1.29, 1.82) is 0 Å². The zero-order valence-electron chi connectivity index (χ0n) is 11.8. The minimum Gasteiger partial charge on any atom is -0.497 e. The molecule has 0 aromatic heterocycles. The Labute approximate surface area is 116 Å². The molecule has 0 radical (unpaired) electrons. The minimum absolute atomic E-state index is 0.316. The van der Waals surface area contributed by atoms with Crippen molar-refractivity contribution in [3.63, 3.8) is 0 Å². The molecule has 2 rings (SSSR count). The number of ether oxygens (including phenoxy) is 1. The van der Waals surface area contributed by atoms with Crippen molar-refractivity contribution in [3.8, 4) is 5.75 Å². The number of benzene rings is 1. The first-order valence-electron chi connectivity index (χ1n) is 7.33. The zero-order valence-corrected chi connectivity index (χ0v) is 11.8. The molecule has 1 atom stereocenters. The van der Waals surface area contributed by atoms with E-state index in [2.05, 4.69) is 23.5 Å². The highest BCUT2D eigenvalue weighted by molar-refractivity contribution is 5.37. The number of fused-ring (bicyclic) bond motifs is 1. The van der Waals surface area contributed by atoms with Crippen molar-refractivity contribution in [2.45, 2.75) is 44.6 Å². The fourth-order valence-electron chi connectivity index (χ4n) is 2.75. The molecule has 2 N–H and O–H groups in total. The lowest BCUT2D eigenvalue weighted by Crippen LogP contribution is -2.35. The quantitative estimate of drug-likeness (QED) is 0.742. The molecule has 1 unspecified atom stereocenters. The molecule has 0 heterocycles. The van der Waals surface area contributed by atoms with E-state index >= 15 is 0 Å². The number of aliphatic hydroxyl groups is 1. The van der Waals surface area contributed by atoms with Crippen molar-refractivity contribution in [2.24, 2.45) is 0 Å². The van der Waals surface area contributed by atoms with Crippen LogP contribution in [-0.4, -0.2) is 31.4 Å². The molecule has 1 aromatic rings. The fourth-order valence-corrected chi connectivity index (χ4v) is 2.75. The molecular weight excluding hydrogens is 238 g/mol. The number of rotatable bonds is 7. The number of hydrogen-bond donors (Lipinski definition) is 2. The van der Waals surface area contributed by atoms with Crippen LogP contribution in [0.5, 0.6) is 5.75 Å². The van der Waals surface area contributed by atoms with Gasteiger partial charge < -0.3 is 15.2 Å². The second-order valence-corrected chi connectivity index (χ2v) is 5.31. The Morgan fingerprint density at radius 3 is 2.95 bits per heavy atom. The number of unbranched alkanes of at least 4 members (excludes halogenated alkanes) is 2. The maximum absolute atomic E-state index is 8.74. The Hall–Kier alpha value is -1.06. The van der Waals surface area contributed by atoms with Crippen LogP contribution in [0.3, 0.4) is 0 Å². The highest BCUT2D eigenvalue weighted by atomic mass is 16.5. The lowest BCUT2D eigenvalue weighted by atomic mass is 9.88. The summed E-state index contributed by atoms with van der Waals surface area (Å²) < 4.78 is 5.30. The van der Waals surface area contributed by atoms with E-state index in [-0.39, 0.29) is 0 Å². The Kier molecular flexibility index (Phi) is 5.67. The summed E-state index contributed by atoms with van der Waals surface area (Å²) in [6.07, 6.45) is 6.68. The predicted octanol–water partition coefficient (Wildman–Crippen LogP) is 2.30. The van der Waals surface area contributed by atoms with Crippen molar-refractivity contribution < 1.29 is 9.84 Å². The van der Waals surface area contributed by atoms with E-state index in [1.54, 1.807) is 7.11 Å². The first-order chi connectivity index (χ1) is 9.33. The summed E-state index contributed by atoms with van der Waals surface area (Å²) in [5, 5.41) is 12.4. The average Bonchev–Trinajstić information content (AvgIpc) is 2.46. The van der Waals surface area contributed by atoms with Crippen LogP contribution in [-0.2, 0) is 12.8 Å². The van der Waals surface area contributed by atoms with Gasteiger partial charge in [-0.1, -0.05) is 6.07 Å². The first-order valence-corrected chi connectivity index (χ1v) is 7.33. The Morgan fingerprint density at radius 1 is 1.26 bits per heavy atom. The van der Waals surface area contributed by atoms with Crippen molar-refractivity contribution in [2.75, 3.05) is 20.3 Å². The summed E-state index contributed by atoms with van der Waals surface area (Å²) in [5.41, 5.74) is 2.90. The summed E-state index contributed by atoms with van der Waals surface area (Å²) in [7, 11) is 1.72. The summed E-state index contributed by atoms with van der Waals surface area (Å²) in [6.45, 7) is 1.38. The van der Waals surface area contributed by atoms with Gasteiger partial charge in [-0.15, -0.1) is 0 Å². The van der Waals surface area contributed by atoms with Crippen LogP contribution in [0.15, 0.2) is 18.2 Å². The van der Waals surface area contributed by atoms with Gasteiger partial charge in [0.05, 0.1) is 7.11 Å². The van der Waals surface area contributed by atoms with E-state index in [4.69, 9.17) is 9.84 Å². The van der Waals surface area contributed by atoms with E-state index in [0.29, 0.717) is 12.6 Å². The highest BCUT2D eigenvalue weighted by Gasteiger charge is 2.18. The Bertz CT molecular complexity index is 392. The van der Waals surface area contributed by atoms with E-state index < -0.39 is 0 Å². The molecule has 0 amide bonds. The fraction of sp³-hybridized carbons (Fsp3) is 0.625. The topological polar surface area (TPSA) is 41.5 Å². The van der Waals surface area contributed by atoms with Crippen molar-refractivity contribution >= 4 is 0 Å².